The Bertz CT molecular complexity index is 519. The number of rotatable bonds is 6. The Balaban J connectivity index is 2.81. The van der Waals surface area contributed by atoms with Gasteiger partial charge in [0.15, 0.2) is 0 Å². The van der Waals surface area contributed by atoms with Crippen LogP contribution in [0.25, 0.3) is 0 Å². The van der Waals surface area contributed by atoms with Crippen molar-refractivity contribution in [1.82, 2.24) is 0 Å². The second-order valence-electron chi connectivity index (χ2n) is 4.30. The van der Waals surface area contributed by atoms with Crippen LogP contribution in [0.3, 0.4) is 0 Å². The highest BCUT2D eigenvalue weighted by Crippen LogP contribution is 2.29. The molecule has 0 radical (unpaired) electrons. The first kappa shape index (κ1) is 16.2. The molecule has 1 unspecified atom stereocenters. The van der Waals surface area contributed by atoms with E-state index in [0.717, 1.165) is 0 Å². The second kappa shape index (κ2) is 6.53. The standard InChI is InChI=1S/C12H15ClN2O5/c1-3-19-11(16)12(2,14)7-20-10-6-8(15(17)18)4-5-9(10)13/h4-6H,3,7,14H2,1-2H3. The van der Waals surface area contributed by atoms with Gasteiger partial charge in [-0.3, -0.25) is 10.1 Å². The third-order valence-electron chi connectivity index (χ3n) is 2.39. The molecule has 1 aromatic carbocycles. The zero-order valence-corrected chi connectivity index (χ0v) is 11.8. The molecule has 0 saturated heterocycles. The average molecular weight is 303 g/mol. The summed E-state index contributed by atoms with van der Waals surface area (Å²) in [5, 5.41) is 10.9. The second-order valence-corrected chi connectivity index (χ2v) is 4.71. The van der Waals surface area contributed by atoms with Gasteiger partial charge in [-0.25, -0.2) is 4.79 Å². The fourth-order valence-electron chi connectivity index (χ4n) is 1.30. The van der Waals surface area contributed by atoms with Gasteiger partial charge in [0.25, 0.3) is 5.69 Å². The first-order valence-electron chi connectivity index (χ1n) is 5.80. The Morgan fingerprint density at radius 3 is 2.75 bits per heavy atom. The van der Waals surface area contributed by atoms with Crippen LogP contribution in [0.2, 0.25) is 5.02 Å². The van der Waals surface area contributed by atoms with Gasteiger partial charge in [0.2, 0.25) is 0 Å². The largest absolute Gasteiger partial charge is 0.489 e. The lowest BCUT2D eigenvalue weighted by Gasteiger charge is -2.22. The molecular formula is C12H15ClN2O5. The summed E-state index contributed by atoms with van der Waals surface area (Å²) in [5.41, 5.74) is 4.23. The molecule has 0 aromatic heterocycles. The van der Waals surface area contributed by atoms with E-state index in [1.165, 1.54) is 25.1 Å². The molecule has 0 aliphatic rings. The number of carbonyl (C=O) groups is 1. The van der Waals surface area contributed by atoms with Gasteiger partial charge < -0.3 is 15.2 Å². The first-order valence-corrected chi connectivity index (χ1v) is 6.18. The molecule has 0 aliphatic carbocycles. The Labute approximate surface area is 120 Å². The Morgan fingerprint density at radius 2 is 2.20 bits per heavy atom. The van der Waals surface area contributed by atoms with E-state index in [1.807, 2.05) is 0 Å². The van der Waals surface area contributed by atoms with Gasteiger partial charge in [0.1, 0.15) is 17.9 Å². The normalized spacial score (nSPS) is 13.4. The highest BCUT2D eigenvalue weighted by Gasteiger charge is 2.31. The van der Waals surface area contributed by atoms with Crippen LogP contribution in [0.1, 0.15) is 13.8 Å². The summed E-state index contributed by atoms with van der Waals surface area (Å²) in [6, 6.07) is 3.76. The summed E-state index contributed by atoms with van der Waals surface area (Å²) in [6.07, 6.45) is 0. The molecule has 0 amide bonds. The van der Waals surface area contributed by atoms with Crippen molar-refractivity contribution in [3.8, 4) is 5.75 Å². The Morgan fingerprint density at radius 1 is 1.55 bits per heavy atom. The van der Waals surface area contributed by atoms with E-state index in [9.17, 15) is 14.9 Å². The minimum Gasteiger partial charge on any atom is -0.489 e. The van der Waals surface area contributed by atoms with Crippen molar-refractivity contribution in [3.63, 3.8) is 0 Å². The van der Waals surface area contributed by atoms with Gasteiger partial charge in [0.05, 0.1) is 22.6 Å². The summed E-state index contributed by atoms with van der Waals surface area (Å²) >= 11 is 5.87. The van der Waals surface area contributed by atoms with Crippen molar-refractivity contribution in [1.29, 1.82) is 0 Å². The molecule has 20 heavy (non-hydrogen) atoms. The number of esters is 1. The molecule has 1 atom stereocenters. The number of nitro groups is 1. The van der Waals surface area contributed by atoms with Crippen molar-refractivity contribution in [2.45, 2.75) is 19.4 Å². The summed E-state index contributed by atoms with van der Waals surface area (Å²) in [5.74, 6) is -0.539. The molecule has 8 heteroatoms. The van der Waals surface area contributed by atoms with Crippen LogP contribution in [0, 0.1) is 10.1 Å². The zero-order chi connectivity index (χ0) is 15.3. The lowest BCUT2D eigenvalue weighted by atomic mass is 10.1. The van der Waals surface area contributed by atoms with Crippen LogP contribution in [0.4, 0.5) is 5.69 Å². The third-order valence-corrected chi connectivity index (χ3v) is 2.71. The van der Waals surface area contributed by atoms with Crippen molar-refractivity contribution in [3.05, 3.63) is 33.3 Å². The van der Waals surface area contributed by atoms with Gasteiger partial charge in [0, 0.05) is 6.07 Å². The molecule has 0 fully saturated rings. The highest BCUT2D eigenvalue weighted by atomic mass is 35.5. The SMILES string of the molecule is CCOC(=O)C(C)(N)COc1cc([N+](=O)[O-])ccc1Cl. The Kier molecular flexibility index (Phi) is 5.29. The van der Waals surface area contributed by atoms with E-state index in [4.69, 9.17) is 26.8 Å². The number of non-ortho nitro benzene ring substituents is 1. The number of nitrogens with two attached hydrogens (primary N) is 1. The third kappa shape index (κ3) is 4.07. The molecule has 1 aromatic rings. The van der Waals surface area contributed by atoms with Gasteiger partial charge in [-0.1, -0.05) is 11.6 Å². The predicted octanol–water partition coefficient (Wildman–Crippen LogP) is 1.91. The quantitative estimate of drug-likeness (QED) is 0.489. The number of hydrogen-bond donors (Lipinski definition) is 1. The fraction of sp³-hybridized carbons (Fsp3) is 0.417. The summed E-state index contributed by atoms with van der Waals surface area (Å²) in [4.78, 5) is 21.7. The number of benzene rings is 1. The maximum absolute atomic E-state index is 11.6. The molecular weight excluding hydrogens is 288 g/mol. The molecule has 0 spiro atoms. The van der Waals surface area contributed by atoms with Crippen LogP contribution in [0.5, 0.6) is 5.75 Å². The van der Waals surface area contributed by atoms with Crippen molar-refractivity contribution >= 4 is 23.3 Å². The summed E-state index contributed by atoms with van der Waals surface area (Å²) in [6.45, 7) is 3.08. The maximum Gasteiger partial charge on any atom is 0.329 e. The van der Waals surface area contributed by atoms with Gasteiger partial charge >= 0.3 is 5.97 Å². The zero-order valence-electron chi connectivity index (χ0n) is 11.1. The van der Waals surface area contributed by atoms with E-state index in [-0.39, 0.29) is 29.7 Å². The summed E-state index contributed by atoms with van der Waals surface area (Å²) in [7, 11) is 0. The lowest BCUT2D eigenvalue weighted by Crippen LogP contribution is -2.51. The number of nitro benzene ring substituents is 1. The van der Waals surface area contributed by atoms with Crippen LogP contribution in [0.15, 0.2) is 18.2 Å². The van der Waals surface area contributed by atoms with E-state index in [2.05, 4.69) is 0 Å². The number of carbonyl (C=O) groups excluding carboxylic acids is 1. The average Bonchev–Trinajstić information content (AvgIpc) is 2.37. The number of halogens is 1. The molecule has 0 heterocycles. The minimum atomic E-state index is -1.37. The van der Waals surface area contributed by atoms with E-state index >= 15 is 0 Å². The monoisotopic (exact) mass is 302 g/mol. The highest BCUT2D eigenvalue weighted by molar-refractivity contribution is 6.32. The van der Waals surface area contributed by atoms with Crippen molar-refractivity contribution in [2.24, 2.45) is 5.73 Å². The number of nitrogens with zero attached hydrogens (tertiary/aromatic N) is 1. The molecule has 1 rings (SSSR count). The van der Waals surface area contributed by atoms with E-state index in [1.54, 1.807) is 6.92 Å². The van der Waals surface area contributed by atoms with Crippen LogP contribution in [-0.4, -0.2) is 29.6 Å². The molecule has 0 bridgehead atoms. The molecule has 0 saturated carbocycles. The van der Waals surface area contributed by atoms with Gasteiger partial charge in [-0.2, -0.15) is 0 Å². The molecule has 110 valence electrons. The van der Waals surface area contributed by atoms with E-state index < -0.39 is 16.4 Å². The topological polar surface area (TPSA) is 105 Å². The maximum atomic E-state index is 11.6. The van der Waals surface area contributed by atoms with Crippen LogP contribution in [-0.2, 0) is 9.53 Å². The summed E-state index contributed by atoms with van der Waals surface area (Å²) < 4.78 is 10.1. The fourth-order valence-corrected chi connectivity index (χ4v) is 1.47. The molecule has 2 N–H and O–H groups in total. The minimum absolute atomic E-state index is 0.0850. The van der Waals surface area contributed by atoms with Crippen LogP contribution < -0.4 is 10.5 Å². The van der Waals surface area contributed by atoms with Gasteiger partial charge in [-0.15, -0.1) is 0 Å². The van der Waals surface area contributed by atoms with Crippen LogP contribution >= 0.6 is 11.6 Å². The molecule has 7 nitrogen and oxygen atoms in total. The number of ether oxygens (including phenoxy) is 2. The lowest BCUT2D eigenvalue weighted by molar-refractivity contribution is -0.384. The van der Waals surface area contributed by atoms with E-state index in [0.29, 0.717) is 0 Å². The van der Waals surface area contributed by atoms with Crippen molar-refractivity contribution in [2.75, 3.05) is 13.2 Å². The Hall–Kier alpha value is -1.86. The van der Waals surface area contributed by atoms with Crippen molar-refractivity contribution < 1.29 is 19.2 Å². The first-order chi connectivity index (χ1) is 9.27. The number of hydrogen-bond acceptors (Lipinski definition) is 6. The van der Waals surface area contributed by atoms with Gasteiger partial charge in [-0.05, 0) is 19.9 Å². The predicted molar refractivity (Wildman–Crippen MR) is 72.8 cm³/mol. The molecule has 0 aliphatic heterocycles. The smallest absolute Gasteiger partial charge is 0.329 e.